The van der Waals surface area contributed by atoms with Crippen LogP contribution in [0, 0.1) is 5.41 Å². The zero-order chi connectivity index (χ0) is 21.6. The molecule has 2 amide bonds. The van der Waals surface area contributed by atoms with Crippen LogP contribution in [0.15, 0.2) is 73.1 Å². The van der Waals surface area contributed by atoms with E-state index in [4.69, 9.17) is 4.74 Å². The normalized spacial score (nSPS) is 10.9. The Bertz CT molecular complexity index is 1030. The first kappa shape index (κ1) is 21.0. The molecular weight excluding hydrogens is 378 g/mol. The van der Waals surface area contributed by atoms with Crippen LogP contribution in [0.4, 0.5) is 11.4 Å². The summed E-state index contributed by atoms with van der Waals surface area (Å²) < 4.78 is 5.78. The molecule has 6 nitrogen and oxygen atoms in total. The van der Waals surface area contributed by atoms with Crippen molar-refractivity contribution in [2.75, 3.05) is 10.6 Å². The minimum absolute atomic E-state index is 0.112. The molecule has 0 aliphatic carbocycles. The van der Waals surface area contributed by atoms with Gasteiger partial charge in [-0.3, -0.25) is 14.6 Å². The van der Waals surface area contributed by atoms with Gasteiger partial charge in [-0.1, -0.05) is 39.0 Å². The van der Waals surface area contributed by atoms with Crippen molar-refractivity contribution in [1.82, 2.24) is 4.98 Å². The summed E-state index contributed by atoms with van der Waals surface area (Å²) in [6, 6.07) is 17.8. The van der Waals surface area contributed by atoms with Crippen LogP contribution in [-0.4, -0.2) is 16.8 Å². The van der Waals surface area contributed by atoms with Gasteiger partial charge in [-0.05, 0) is 36.4 Å². The molecule has 0 bridgehead atoms. The van der Waals surface area contributed by atoms with E-state index in [1.807, 2.05) is 45.0 Å². The van der Waals surface area contributed by atoms with Crippen LogP contribution < -0.4 is 15.4 Å². The predicted octanol–water partition coefficient (Wildman–Crippen LogP) is 4.90. The monoisotopic (exact) mass is 403 g/mol. The minimum atomic E-state index is -0.519. The summed E-state index contributed by atoms with van der Waals surface area (Å²) in [5.74, 6) is 0.257. The average molecular weight is 403 g/mol. The van der Waals surface area contributed by atoms with Gasteiger partial charge in [-0.2, -0.15) is 0 Å². The van der Waals surface area contributed by atoms with Crippen molar-refractivity contribution in [3.05, 3.63) is 84.2 Å². The highest BCUT2D eigenvalue weighted by molar-refractivity contribution is 6.05. The molecule has 1 aromatic heterocycles. The topological polar surface area (TPSA) is 80.3 Å². The molecule has 0 spiro atoms. The third-order valence-corrected chi connectivity index (χ3v) is 4.28. The summed E-state index contributed by atoms with van der Waals surface area (Å²) in [5, 5.41) is 5.70. The van der Waals surface area contributed by atoms with Crippen molar-refractivity contribution in [3.8, 4) is 5.75 Å². The van der Waals surface area contributed by atoms with Gasteiger partial charge >= 0.3 is 0 Å². The molecule has 3 rings (SSSR count). The van der Waals surface area contributed by atoms with E-state index >= 15 is 0 Å². The van der Waals surface area contributed by atoms with Crippen LogP contribution >= 0.6 is 0 Å². The number of nitrogens with one attached hydrogen (secondary N) is 2. The fraction of sp³-hybridized carbons (Fsp3) is 0.208. The Labute approximate surface area is 176 Å². The number of carbonyl (C=O) groups excluding carboxylic acids is 2. The SMILES string of the molecule is CC(C)(C)C(=O)Nc1cccc(C(=O)Nc2cccc(OCc3cccnc3)c2)c1. The highest BCUT2D eigenvalue weighted by atomic mass is 16.5. The third kappa shape index (κ3) is 5.91. The number of pyridine rings is 1. The van der Waals surface area contributed by atoms with Gasteiger partial charge in [0.05, 0.1) is 0 Å². The Morgan fingerprint density at radius 3 is 2.37 bits per heavy atom. The highest BCUT2D eigenvalue weighted by Crippen LogP contribution is 2.21. The molecule has 3 aromatic rings. The van der Waals surface area contributed by atoms with Crippen LogP contribution in [0.2, 0.25) is 0 Å². The predicted molar refractivity (Wildman–Crippen MR) is 117 cm³/mol. The van der Waals surface area contributed by atoms with Crippen molar-refractivity contribution in [2.24, 2.45) is 5.41 Å². The van der Waals surface area contributed by atoms with E-state index in [1.165, 1.54) is 0 Å². The summed E-state index contributed by atoms with van der Waals surface area (Å²) in [6.07, 6.45) is 3.46. The van der Waals surface area contributed by atoms with E-state index < -0.39 is 5.41 Å². The average Bonchev–Trinajstić information content (AvgIpc) is 2.73. The zero-order valence-electron chi connectivity index (χ0n) is 17.3. The molecular formula is C24H25N3O3. The Hall–Kier alpha value is -3.67. The number of amides is 2. The summed E-state index contributed by atoms with van der Waals surface area (Å²) in [6.45, 7) is 5.90. The number of hydrogen-bond acceptors (Lipinski definition) is 4. The quantitative estimate of drug-likeness (QED) is 0.614. The molecule has 0 saturated heterocycles. The maximum absolute atomic E-state index is 12.7. The summed E-state index contributed by atoms with van der Waals surface area (Å²) in [4.78, 5) is 28.9. The molecule has 0 atom stereocenters. The highest BCUT2D eigenvalue weighted by Gasteiger charge is 2.21. The number of ether oxygens (including phenoxy) is 1. The van der Waals surface area contributed by atoms with Crippen molar-refractivity contribution >= 4 is 23.2 Å². The van der Waals surface area contributed by atoms with Crippen molar-refractivity contribution in [2.45, 2.75) is 27.4 Å². The number of benzene rings is 2. The first-order chi connectivity index (χ1) is 14.3. The van der Waals surface area contributed by atoms with E-state index in [1.54, 1.807) is 48.8 Å². The van der Waals surface area contributed by atoms with Crippen LogP contribution in [0.1, 0.15) is 36.7 Å². The molecule has 0 saturated carbocycles. The van der Waals surface area contributed by atoms with E-state index in [0.29, 0.717) is 29.3 Å². The molecule has 0 aliphatic heterocycles. The van der Waals surface area contributed by atoms with Gasteiger partial charge in [0.1, 0.15) is 12.4 Å². The molecule has 0 aliphatic rings. The van der Waals surface area contributed by atoms with E-state index in [-0.39, 0.29) is 11.8 Å². The maximum atomic E-state index is 12.7. The second-order valence-corrected chi connectivity index (χ2v) is 7.92. The van der Waals surface area contributed by atoms with Gasteiger partial charge in [-0.15, -0.1) is 0 Å². The molecule has 2 N–H and O–H groups in total. The number of nitrogens with zero attached hydrogens (tertiary/aromatic N) is 1. The van der Waals surface area contributed by atoms with Gasteiger partial charge in [-0.25, -0.2) is 0 Å². The summed E-state index contributed by atoms with van der Waals surface area (Å²) >= 11 is 0. The number of hydrogen-bond donors (Lipinski definition) is 2. The van der Waals surface area contributed by atoms with Crippen LogP contribution in [0.3, 0.4) is 0 Å². The second kappa shape index (κ2) is 9.22. The van der Waals surface area contributed by atoms with Crippen LogP contribution in [-0.2, 0) is 11.4 Å². The number of anilines is 2. The Balaban J connectivity index is 1.64. The van der Waals surface area contributed by atoms with Crippen LogP contribution in [0.5, 0.6) is 5.75 Å². The van der Waals surface area contributed by atoms with E-state index in [0.717, 1.165) is 5.56 Å². The van der Waals surface area contributed by atoms with E-state index in [9.17, 15) is 9.59 Å². The first-order valence-electron chi connectivity index (χ1n) is 9.66. The molecule has 1 heterocycles. The molecule has 30 heavy (non-hydrogen) atoms. The Kier molecular flexibility index (Phi) is 6.47. The lowest BCUT2D eigenvalue weighted by Gasteiger charge is -2.18. The molecule has 2 aromatic carbocycles. The maximum Gasteiger partial charge on any atom is 0.255 e. The third-order valence-electron chi connectivity index (χ3n) is 4.28. The Morgan fingerprint density at radius 1 is 0.933 bits per heavy atom. The fourth-order valence-electron chi connectivity index (χ4n) is 2.57. The standard InChI is InChI=1S/C24H25N3O3/c1-24(2,3)23(29)27-19-9-4-8-18(13-19)22(28)26-20-10-5-11-21(14-20)30-16-17-7-6-12-25-15-17/h4-15H,16H2,1-3H3,(H,26,28)(H,27,29). The van der Waals surface area contributed by atoms with Crippen molar-refractivity contribution in [3.63, 3.8) is 0 Å². The van der Waals surface area contributed by atoms with Gasteiger partial charge in [0.25, 0.3) is 5.91 Å². The minimum Gasteiger partial charge on any atom is -0.489 e. The van der Waals surface area contributed by atoms with Gasteiger partial charge in [0.15, 0.2) is 0 Å². The largest absolute Gasteiger partial charge is 0.489 e. The molecule has 0 radical (unpaired) electrons. The number of rotatable bonds is 6. The lowest BCUT2D eigenvalue weighted by Crippen LogP contribution is -2.27. The van der Waals surface area contributed by atoms with Gasteiger partial charge in [0.2, 0.25) is 5.91 Å². The summed E-state index contributed by atoms with van der Waals surface area (Å²) in [7, 11) is 0. The molecule has 154 valence electrons. The van der Waals surface area contributed by atoms with Gasteiger partial charge < -0.3 is 15.4 Å². The molecule has 6 heteroatoms. The van der Waals surface area contributed by atoms with Gasteiger partial charge in [0, 0.05) is 46.4 Å². The molecule has 0 unspecified atom stereocenters. The fourth-order valence-corrected chi connectivity index (χ4v) is 2.57. The Morgan fingerprint density at radius 2 is 1.67 bits per heavy atom. The zero-order valence-corrected chi connectivity index (χ0v) is 17.3. The smallest absolute Gasteiger partial charge is 0.255 e. The number of carbonyl (C=O) groups is 2. The molecule has 0 fully saturated rings. The number of aromatic nitrogens is 1. The lowest BCUT2D eigenvalue weighted by molar-refractivity contribution is -0.123. The lowest BCUT2D eigenvalue weighted by atomic mass is 9.95. The first-order valence-corrected chi connectivity index (χ1v) is 9.66. The van der Waals surface area contributed by atoms with E-state index in [2.05, 4.69) is 15.6 Å². The van der Waals surface area contributed by atoms with Crippen LogP contribution in [0.25, 0.3) is 0 Å². The van der Waals surface area contributed by atoms with Crippen molar-refractivity contribution in [1.29, 1.82) is 0 Å². The second-order valence-electron chi connectivity index (χ2n) is 7.92. The van der Waals surface area contributed by atoms with Crippen molar-refractivity contribution < 1.29 is 14.3 Å². The summed E-state index contributed by atoms with van der Waals surface area (Å²) in [5.41, 5.74) is 2.09.